The summed E-state index contributed by atoms with van der Waals surface area (Å²) < 4.78 is 74.4. The van der Waals surface area contributed by atoms with E-state index in [-0.39, 0.29) is 22.1 Å². The van der Waals surface area contributed by atoms with Gasteiger partial charge in [0, 0.05) is 0 Å². The summed E-state index contributed by atoms with van der Waals surface area (Å²) in [5, 5.41) is 2.17. The van der Waals surface area contributed by atoms with Gasteiger partial charge >= 0.3 is 0 Å². The van der Waals surface area contributed by atoms with Crippen LogP contribution in [0.25, 0.3) is 0 Å². The molecule has 0 aliphatic rings. The van der Waals surface area contributed by atoms with Crippen LogP contribution < -0.4 is 14.8 Å². The zero-order chi connectivity index (χ0) is 24.9. The zero-order valence-corrected chi connectivity index (χ0v) is 19.4. The van der Waals surface area contributed by atoms with Crippen LogP contribution in [0.3, 0.4) is 0 Å². The number of anilines is 1. The monoisotopic (exact) mass is 512 g/mol. The number of sulfonamides is 1. The Morgan fingerprint density at radius 2 is 1.74 bits per heavy atom. The highest BCUT2D eigenvalue weighted by atomic mass is 35.5. The lowest BCUT2D eigenvalue weighted by Gasteiger charge is -2.19. The normalized spacial score (nSPS) is 12.3. The van der Waals surface area contributed by atoms with Crippen molar-refractivity contribution in [3.8, 4) is 5.75 Å². The van der Waals surface area contributed by atoms with E-state index >= 15 is 0 Å². The van der Waals surface area contributed by atoms with Crippen LogP contribution in [0.2, 0.25) is 5.02 Å². The molecule has 0 bridgehead atoms. The first-order valence-corrected chi connectivity index (χ1v) is 11.9. The summed E-state index contributed by atoms with van der Waals surface area (Å²) in [5.41, 5.74) is -0.0360. The lowest BCUT2D eigenvalue weighted by molar-refractivity contribution is -0.117. The highest BCUT2D eigenvalue weighted by Crippen LogP contribution is 2.27. The van der Waals surface area contributed by atoms with Gasteiger partial charge in [-0.2, -0.15) is 4.72 Å². The van der Waals surface area contributed by atoms with Gasteiger partial charge in [-0.15, -0.1) is 0 Å². The Morgan fingerprint density at radius 3 is 2.38 bits per heavy atom. The van der Waals surface area contributed by atoms with E-state index in [0.29, 0.717) is 18.2 Å². The summed E-state index contributed by atoms with van der Waals surface area (Å²) in [6, 6.07) is 12.3. The second kappa shape index (κ2) is 10.9. The van der Waals surface area contributed by atoms with Gasteiger partial charge in [0.25, 0.3) is 0 Å². The van der Waals surface area contributed by atoms with Gasteiger partial charge in [0.2, 0.25) is 15.9 Å². The number of hydrogen-bond donors (Lipinski definition) is 2. The fourth-order valence-corrected chi connectivity index (χ4v) is 4.58. The smallest absolute Gasteiger partial charge is 0.242 e. The molecule has 0 heterocycles. The van der Waals surface area contributed by atoms with E-state index in [1.165, 1.54) is 18.2 Å². The van der Waals surface area contributed by atoms with E-state index in [4.69, 9.17) is 16.3 Å². The molecule has 0 unspecified atom stereocenters. The van der Waals surface area contributed by atoms with Gasteiger partial charge in [-0.25, -0.2) is 21.6 Å². The van der Waals surface area contributed by atoms with Crippen molar-refractivity contribution in [3.05, 3.63) is 88.7 Å². The van der Waals surface area contributed by atoms with Crippen LogP contribution in [0.4, 0.5) is 18.9 Å². The fourth-order valence-electron chi connectivity index (χ4n) is 3.06. The third kappa shape index (κ3) is 6.07. The zero-order valence-electron chi connectivity index (χ0n) is 17.8. The van der Waals surface area contributed by atoms with Crippen molar-refractivity contribution in [1.29, 1.82) is 0 Å². The largest absolute Gasteiger partial charge is 0.492 e. The lowest BCUT2D eigenvalue weighted by atomic mass is 10.1. The Labute approximate surface area is 199 Å². The molecule has 0 saturated heterocycles. The van der Waals surface area contributed by atoms with Gasteiger partial charge in [0.1, 0.15) is 11.8 Å². The van der Waals surface area contributed by atoms with E-state index < -0.39 is 45.1 Å². The molecular weight excluding hydrogens is 493 g/mol. The van der Waals surface area contributed by atoms with E-state index in [0.717, 1.165) is 6.07 Å². The van der Waals surface area contributed by atoms with E-state index in [1.54, 1.807) is 37.3 Å². The molecule has 3 aromatic rings. The third-order valence-corrected chi connectivity index (χ3v) is 6.47. The summed E-state index contributed by atoms with van der Waals surface area (Å²) in [4.78, 5) is 12.7. The van der Waals surface area contributed by atoms with Crippen molar-refractivity contribution >= 4 is 33.2 Å². The van der Waals surface area contributed by atoms with E-state index in [9.17, 15) is 26.4 Å². The topological polar surface area (TPSA) is 84.5 Å². The molecule has 34 heavy (non-hydrogen) atoms. The second-order valence-corrected chi connectivity index (χ2v) is 9.22. The number of amides is 1. The highest BCUT2D eigenvalue weighted by molar-refractivity contribution is 7.89. The Morgan fingerprint density at radius 1 is 1.03 bits per heavy atom. The number of hydrogen-bond acceptors (Lipinski definition) is 4. The van der Waals surface area contributed by atoms with Crippen molar-refractivity contribution in [2.75, 3.05) is 11.9 Å². The molecular formula is C23H20ClF3N2O4S. The molecule has 0 aliphatic carbocycles. The first-order valence-electron chi connectivity index (χ1n) is 10.1. The third-order valence-electron chi connectivity index (χ3n) is 4.70. The molecule has 1 atom stereocenters. The number of benzene rings is 3. The molecule has 6 nitrogen and oxygen atoms in total. The van der Waals surface area contributed by atoms with Crippen LogP contribution in [0.5, 0.6) is 5.75 Å². The van der Waals surface area contributed by atoms with Crippen LogP contribution in [0, 0.1) is 17.5 Å². The molecule has 0 spiro atoms. The minimum absolute atomic E-state index is 0.0534. The minimum atomic E-state index is -4.27. The quantitative estimate of drug-likeness (QED) is 0.408. The first kappa shape index (κ1) is 25.5. The van der Waals surface area contributed by atoms with Gasteiger partial charge in [0.15, 0.2) is 17.5 Å². The van der Waals surface area contributed by atoms with Crippen LogP contribution >= 0.6 is 11.6 Å². The van der Waals surface area contributed by atoms with Crippen molar-refractivity contribution < 1.29 is 31.1 Å². The molecule has 3 rings (SSSR count). The maximum atomic E-state index is 14.1. The van der Waals surface area contributed by atoms with Crippen molar-refractivity contribution in [2.24, 2.45) is 0 Å². The van der Waals surface area contributed by atoms with Crippen molar-refractivity contribution in [3.63, 3.8) is 0 Å². The van der Waals surface area contributed by atoms with Gasteiger partial charge < -0.3 is 10.1 Å². The van der Waals surface area contributed by atoms with Gasteiger partial charge in [-0.3, -0.25) is 4.79 Å². The molecule has 180 valence electrons. The summed E-state index contributed by atoms with van der Waals surface area (Å²) in [6.45, 7) is 2.06. The maximum Gasteiger partial charge on any atom is 0.242 e. The van der Waals surface area contributed by atoms with Crippen LogP contribution in [0.15, 0.2) is 65.6 Å². The van der Waals surface area contributed by atoms with E-state index in [2.05, 4.69) is 10.0 Å². The molecule has 1 amide bonds. The van der Waals surface area contributed by atoms with Crippen LogP contribution in [-0.2, 0) is 21.2 Å². The number of carbonyl (C=O) groups is 1. The summed E-state index contributed by atoms with van der Waals surface area (Å²) >= 11 is 6.09. The average molecular weight is 513 g/mol. The molecule has 3 aromatic carbocycles. The van der Waals surface area contributed by atoms with Crippen molar-refractivity contribution in [2.45, 2.75) is 24.3 Å². The van der Waals surface area contributed by atoms with E-state index in [1.807, 2.05) is 0 Å². The minimum Gasteiger partial charge on any atom is -0.492 e. The molecule has 11 heteroatoms. The highest BCUT2D eigenvalue weighted by Gasteiger charge is 2.28. The predicted octanol–water partition coefficient (Wildman–Crippen LogP) is 4.68. The Bertz CT molecular complexity index is 1290. The molecule has 0 saturated carbocycles. The molecule has 0 fully saturated rings. The number of halogens is 4. The van der Waals surface area contributed by atoms with Gasteiger partial charge in [-0.05, 0) is 49.2 Å². The lowest BCUT2D eigenvalue weighted by Crippen LogP contribution is -2.45. The summed E-state index contributed by atoms with van der Waals surface area (Å²) in [6.07, 6.45) is -0.109. The summed E-state index contributed by atoms with van der Waals surface area (Å²) in [7, 11) is -4.27. The number of nitrogens with one attached hydrogen (secondary N) is 2. The second-order valence-electron chi connectivity index (χ2n) is 7.10. The molecule has 0 aromatic heterocycles. The molecule has 0 radical (unpaired) electrons. The predicted molar refractivity (Wildman–Crippen MR) is 122 cm³/mol. The first-order chi connectivity index (χ1) is 16.1. The molecule has 2 N–H and O–H groups in total. The fraction of sp³-hybridized carbons (Fsp3) is 0.174. The number of rotatable bonds is 9. The van der Waals surface area contributed by atoms with Gasteiger partial charge in [0.05, 0.1) is 22.2 Å². The number of carbonyl (C=O) groups excluding carboxylic acids is 1. The SMILES string of the molecule is CCOc1ccc(S(=O)(=O)N[C@@H](Cc2ccccc2)C(=O)Nc2ccc(F)c(F)c2F)cc1Cl. The van der Waals surface area contributed by atoms with Crippen molar-refractivity contribution in [1.82, 2.24) is 4.72 Å². The maximum absolute atomic E-state index is 14.1. The van der Waals surface area contributed by atoms with Gasteiger partial charge in [-0.1, -0.05) is 41.9 Å². The average Bonchev–Trinajstić information content (AvgIpc) is 2.81. The Balaban J connectivity index is 1.90. The molecule has 0 aliphatic heterocycles. The number of ether oxygens (including phenoxy) is 1. The standard InChI is InChI=1S/C23H20ClF3N2O4S/c1-2-33-20-11-8-15(13-16(20)24)34(31,32)29-19(12-14-6-4-3-5-7-14)23(30)28-18-10-9-17(25)21(26)22(18)27/h3-11,13,19,29H,2,12H2,1H3,(H,28,30)/t19-/m0/s1. The van der Waals surface area contributed by atoms with Crippen LogP contribution in [0.1, 0.15) is 12.5 Å². The van der Waals surface area contributed by atoms with Crippen LogP contribution in [-0.4, -0.2) is 27.0 Å². The Hall–Kier alpha value is -3.08. The Kier molecular flexibility index (Phi) is 8.19. The summed E-state index contributed by atoms with van der Waals surface area (Å²) in [5.74, 6) is -5.48.